The van der Waals surface area contributed by atoms with Crippen molar-refractivity contribution in [2.75, 3.05) is 24.7 Å². The van der Waals surface area contributed by atoms with Crippen LogP contribution in [0.15, 0.2) is 42.1 Å². The molecule has 128 valence electrons. The Balaban J connectivity index is 1.71. The quantitative estimate of drug-likeness (QED) is 0.856. The largest absolute Gasteiger partial charge is 0.370 e. The van der Waals surface area contributed by atoms with Crippen LogP contribution in [0.1, 0.15) is 31.5 Å². The number of fused-ring (bicyclic) bond motifs is 1. The molecule has 4 rings (SSSR count). The monoisotopic (exact) mass is 334 g/mol. The minimum Gasteiger partial charge on any atom is -0.370 e. The smallest absolute Gasteiger partial charge is 0.253 e. The summed E-state index contributed by atoms with van der Waals surface area (Å²) in [5.41, 5.74) is 8.42. The minimum absolute atomic E-state index is 0.0160. The lowest BCUT2D eigenvalue weighted by atomic mass is 10.00. The number of morpholine rings is 1. The Morgan fingerprint density at radius 2 is 2.12 bits per heavy atom. The van der Waals surface area contributed by atoms with Crippen molar-refractivity contribution in [2.45, 2.75) is 26.7 Å². The summed E-state index contributed by atoms with van der Waals surface area (Å²) in [5, 5.41) is 0. The predicted molar refractivity (Wildman–Crippen MR) is 99.4 cm³/mol. The number of aromatic nitrogens is 1. The number of benzene rings is 1. The highest BCUT2D eigenvalue weighted by molar-refractivity contribution is 5.95. The first-order valence-electron chi connectivity index (χ1n) is 8.84. The van der Waals surface area contributed by atoms with E-state index in [2.05, 4.69) is 32.0 Å². The van der Waals surface area contributed by atoms with Crippen LogP contribution in [0.5, 0.6) is 0 Å². The maximum atomic E-state index is 12.1. The first-order chi connectivity index (χ1) is 12.2. The molecule has 25 heavy (non-hydrogen) atoms. The molecule has 0 atom stereocenters. The van der Waals surface area contributed by atoms with Crippen LogP contribution in [-0.4, -0.2) is 30.6 Å². The normalized spacial score (nSPS) is 17.2. The topological polar surface area (TPSA) is 42.4 Å². The van der Waals surface area contributed by atoms with E-state index < -0.39 is 0 Å². The minimum atomic E-state index is 0.0160. The first kappa shape index (κ1) is 16.0. The van der Waals surface area contributed by atoms with E-state index in [0.717, 1.165) is 29.7 Å². The molecule has 0 saturated carbocycles. The molecule has 1 aliphatic heterocycles. The van der Waals surface area contributed by atoms with Gasteiger partial charge in [0.2, 0.25) is 0 Å². The van der Waals surface area contributed by atoms with Crippen LogP contribution in [0.4, 0.5) is 5.69 Å². The Hall–Kier alpha value is -2.46. The van der Waals surface area contributed by atoms with Gasteiger partial charge >= 0.3 is 0 Å². The average molecular weight is 334 g/mol. The zero-order valence-corrected chi connectivity index (χ0v) is 14.7. The second-order valence-electron chi connectivity index (χ2n) is 6.66. The molecule has 4 heteroatoms. The first-order valence-corrected chi connectivity index (χ1v) is 8.84. The highest BCUT2D eigenvalue weighted by Gasteiger charge is 2.22. The van der Waals surface area contributed by atoms with Crippen molar-refractivity contribution in [1.29, 1.82) is 0 Å². The molecule has 0 unspecified atom stereocenters. The maximum absolute atomic E-state index is 12.1. The zero-order valence-electron chi connectivity index (χ0n) is 14.7. The standard InChI is InChI=1S/C21H22N2O2/c1-3-18-14(2)9-20-19(18)11-16(12-22-20)15-5-4-6-17(10-15)23-7-8-25-13-21(23)24/h4-6,10-12H,3,7-9,13H2,1-2H3. The Morgan fingerprint density at radius 1 is 1.24 bits per heavy atom. The van der Waals surface area contributed by atoms with Gasteiger partial charge in [-0.3, -0.25) is 9.78 Å². The molecule has 2 aliphatic rings. The number of carbonyl (C=O) groups is 1. The lowest BCUT2D eigenvalue weighted by Gasteiger charge is -2.27. The summed E-state index contributed by atoms with van der Waals surface area (Å²) < 4.78 is 5.23. The number of carbonyl (C=O) groups excluding carboxylic acids is 1. The van der Waals surface area contributed by atoms with Gasteiger partial charge < -0.3 is 9.64 Å². The third-order valence-electron chi connectivity index (χ3n) is 5.07. The Bertz CT molecular complexity index is 870. The molecule has 0 N–H and O–H groups in total. The number of anilines is 1. The third kappa shape index (κ3) is 2.87. The van der Waals surface area contributed by atoms with E-state index >= 15 is 0 Å². The van der Waals surface area contributed by atoms with Gasteiger partial charge in [0, 0.05) is 36.0 Å². The summed E-state index contributed by atoms with van der Waals surface area (Å²) >= 11 is 0. The molecule has 1 fully saturated rings. The van der Waals surface area contributed by atoms with Gasteiger partial charge in [-0.25, -0.2) is 0 Å². The highest BCUT2D eigenvalue weighted by atomic mass is 16.5. The summed E-state index contributed by atoms with van der Waals surface area (Å²) in [6, 6.07) is 10.4. The maximum Gasteiger partial charge on any atom is 0.253 e. The van der Waals surface area contributed by atoms with Gasteiger partial charge in [-0.05, 0) is 42.7 Å². The van der Waals surface area contributed by atoms with Crippen LogP contribution in [0, 0.1) is 0 Å². The van der Waals surface area contributed by atoms with Crippen molar-refractivity contribution in [3.05, 3.63) is 53.4 Å². The predicted octanol–water partition coefficient (Wildman–Crippen LogP) is 3.85. The van der Waals surface area contributed by atoms with Crippen LogP contribution in [0.25, 0.3) is 16.7 Å². The van der Waals surface area contributed by atoms with E-state index in [1.807, 2.05) is 18.3 Å². The van der Waals surface area contributed by atoms with Gasteiger partial charge in [0.05, 0.1) is 12.3 Å². The fourth-order valence-electron chi connectivity index (χ4n) is 3.78. The summed E-state index contributed by atoms with van der Waals surface area (Å²) in [7, 11) is 0. The van der Waals surface area contributed by atoms with Gasteiger partial charge in [-0.15, -0.1) is 0 Å². The molecule has 1 saturated heterocycles. The molecule has 1 aliphatic carbocycles. The molecule has 0 radical (unpaired) electrons. The van der Waals surface area contributed by atoms with E-state index in [4.69, 9.17) is 9.72 Å². The van der Waals surface area contributed by atoms with Crippen molar-refractivity contribution >= 4 is 17.2 Å². The van der Waals surface area contributed by atoms with E-state index in [-0.39, 0.29) is 12.5 Å². The summed E-state index contributed by atoms with van der Waals surface area (Å²) in [6.45, 7) is 5.75. The van der Waals surface area contributed by atoms with Crippen molar-refractivity contribution in [3.63, 3.8) is 0 Å². The van der Waals surface area contributed by atoms with Crippen molar-refractivity contribution in [2.24, 2.45) is 0 Å². The Labute approximate surface area is 148 Å². The molecule has 0 bridgehead atoms. The van der Waals surface area contributed by atoms with E-state index in [1.165, 1.54) is 22.4 Å². The van der Waals surface area contributed by atoms with Crippen LogP contribution in [0.3, 0.4) is 0 Å². The second-order valence-corrected chi connectivity index (χ2v) is 6.66. The van der Waals surface area contributed by atoms with Gasteiger partial charge in [-0.1, -0.05) is 24.6 Å². The number of hydrogen-bond donors (Lipinski definition) is 0. The molecule has 1 amide bonds. The summed E-state index contributed by atoms with van der Waals surface area (Å²) in [4.78, 5) is 18.6. The Kier molecular flexibility index (Phi) is 4.14. The Morgan fingerprint density at radius 3 is 2.92 bits per heavy atom. The van der Waals surface area contributed by atoms with Crippen LogP contribution in [-0.2, 0) is 16.0 Å². The number of ether oxygens (including phenoxy) is 1. The van der Waals surface area contributed by atoms with E-state index in [9.17, 15) is 4.79 Å². The van der Waals surface area contributed by atoms with Gasteiger partial charge in [-0.2, -0.15) is 0 Å². The molecule has 1 aromatic heterocycles. The molecule has 2 aromatic rings. The van der Waals surface area contributed by atoms with Crippen molar-refractivity contribution < 1.29 is 9.53 Å². The number of pyridine rings is 1. The molecule has 4 nitrogen and oxygen atoms in total. The number of hydrogen-bond acceptors (Lipinski definition) is 3. The number of amides is 1. The highest BCUT2D eigenvalue weighted by Crippen LogP contribution is 2.36. The van der Waals surface area contributed by atoms with E-state index in [0.29, 0.717) is 13.2 Å². The van der Waals surface area contributed by atoms with Crippen molar-refractivity contribution in [1.82, 2.24) is 4.98 Å². The molecule has 2 heterocycles. The molecule has 0 spiro atoms. The molecular weight excluding hydrogens is 312 g/mol. The zero-order chi connectivity index (χ0) is 17.4. The second kappa shape index (κ2) is 6.45. The van der Waals surface area contributed by atoms with Gasteiger partial charge in [0.25, 0.3) is 5.91 Å². The number of allylic oxidation sites excluding steroid dienone is 2. The lowest BCUT2D eigenvalue weighted by molar-refractivity contribution is -0.125. The number of rotatable bonds is 3. The fraction of sp³-hybridized carbons (Fsp3) is 0.333. The van der Waals surface area contributed by atoms with Crippen LogP contribution < -0.4 is 4.90 Å². The lowest BCUT2D eigenvalue weighted by Crippen LogP contribution is -2.41. The van der Waals surface area contributed by atoms with Crippen LogP contribution >= 0.6 is 0 Å². The van der Waals surface area contributed by atoms with E-state index in [1.54, 1.807) is 4.90 Å². The molecular formula is C21H22N2O2. The average Bonchev–Trinajstić information content (AvgIpc) is 2.96. The number of nitrogens with zero attached hydrogens (tertiary/aromatic N) is 2. The summed E-state index contributed by atoms with van der Waals surface area (Å²) in [6.07, 6.45) is 3.94. The van der Waals surface area contributed by atoms with Crippen LogP contribution in [0.2, 0.25) is 0 Å². The third-order valence-corrected chi connectivity index (χ3v) is 5.07. The van der Waals surface area contributed by atoms with Gasteiger partial charge in [0.1, 0.15) is 6.61 Å². The SMILES string of the molecule is CCC1=C(C)Cc2ncc(-c3cccc(N4CCOCC4=O)c3)cc21. The fourth-order valence-corrected chi connectivity index (χ4v) is 3.78. The van der Waals surface area contributed by atoms with Gasteiger partial charge in [0.15, 0.2) is 0 Å². The summed E-state index contributed by atoms with van der Waals surface area (Å²) in [5.74, 6) is 0.0160. The molecule has 1 aromatic carbocycles. The van der Waals surface area contributed by atoms with Crippen molar-refractivity contribution in [3.8, 4) is 11.1 Å².